The van der Waals surface area contributed by atoms with E-state index in [1.807, 2.05) is 0 Å². The summed E-state index contributed by atoms with van der Waals surface area (Å²) in [4.78, 5) is 4.69. The highest BCUT2D eigenvalue weighted by Crippen LogP contribution is 2.44. The minimum Gasteiger partial charge on any atom is -0.356 e. The van der Waals surface area contributed by atoms with Gasteiger partial charge in [-0.05, 0) is 61.1 Å². The van der Waals surface area contributed by atoms with Crippen LogP contribution in [0.2, 0.25) is 0 Å². The van der Waals surface area contributed by atoms with Crippen LogP contribution in [-0.4, -0.2) is 38.5 Å². The van der Waals surface area contributed by atoms with Crippen LogP contribution in [0.3, 0.4) is 0 Å². The number of halogens is 1. The summed E-state index contributed by atoms with van der Waals surface area (Å²) in [5.74, 6) is 2.77. The average Bonchev–Trinajstić information content (AvgIpc) is 3.34. The highest BCUT2D eigenvalue weighted by molar-refractivity contribution is 7.91. The summed E-state index contributed by atoms with van der Waals surface area (Å²) in [7, 11) is -2.87. The molecule has 0 amide bonds. The first kappa shape index (κ1) is 18.7. The van der Waals surface area contributed by atoms with E-state index in [-0.39, 0.29) is 17.5 Å². The van der Waals surface area contributed by atoms with Crippen LogP contribution < -0.4 is 10.6 Å². The predicted octanol–water partition coefficient (Wildman–Crippen LogP) is 2.48. The molecule has 0 radical (unpaired) electrons. The van der Waals surface area contributed by atoms with Crippen LogP contribution in [0.4, 0.5) is 4.39 Å². The largest absolute Gasteiger partial charge is 0.356 e. The topological polar surface area (TPSA) is 70.6 Å². The van der Waals surface area contributed by atoms with E-state index in [0.717, 1.165) is 23.4 Å². The zero-order valence-corrected chi connectivity index (χ0v) is 16.3. The highest BCUT2D eigenvalue weighted by atomic mass is 32.2. The highest BCUT2D eigenvalue weighted by Gasteiger charge is 2.40. The van der Waals surface area contributed by atoms with Gasteiger partial charge in [0.2, 0.25) is 0 Å². The van der Waals surface area contributed by atoms with Crippen LogP contribution in [0, 0.1) is 23.6 Å². The molecule has 1 aromatic carbocycles. The summed E-state index contributed by atoms with van der Waals surface area (Å²) in [6.07, 6.45) is 5.85. The van der Waals surface area contributed by atoms with Crippen molar-refractivity contribution in [2.75, 3.05) is 18.1 Å². The van der Waals surface area contributed by atoms with Gasteiger partial charge in [0.05, 0.1) is 18.1 Å². The van der Waals surface area contributed by atoms with Gasteiger partial charge in [-0.25, -0.2) is 17.8 Å². The first-order valence-corrected chi connectivity index (χ1v) is 11.8. The van der Waals surface area contributed by atoms with Gasteiger partial charge in [0, 0.05) is 12.6 Å². The Kier molecular flexibility index (Phi) is 5.39. The second-order valence-corrected chi connectivity index (χ2v) is 10.6. The normalized spacial score (nSPS) is 32.0. The summed E-state index contributed by atoms with van der Waals surface area (Å²) in [6, 6.07) is 6.85. The third kappa shape index (κ3) is 4.81. The maximum Gasteiger partial charge on any atom is 0.191 e. The minimum atomic E-state index is -2.87. The fraction of sp³-hybridized carbons (Fsp3) is 0.650. The monoisotopic (exact) mass is 393 g/mol. The number of nitrogens with zero attached hydrogens (tertiary/aromatic N) is 1. The Bertz CT molecular complexity index is 794. The summed E-state index contributed by atoms with van der Waals surface area (Å²) in [5, 5.41) is 6.96. The molecule has 4 rings (SSSR count). The van der Waals surface area contributed by atoms with Crippen LogP contribution in [0.1, 0.15) is 37.7 Å². The molecule has 1 heterocycles. The molecule has 0 spiro atoms. The first-order valence-electron chi connectivity index (χ1n) is 9.96. The van der Waals surface area contributed by atoms with E-state index in [9.17, 15) is 12.8 Å². The van der Waals surface area contributed by atoms with Gasteiger partial charge in [-0.15, -0.1) is 0 Å². The zero-order valence-electron chi connectivity index (χ0n) is 15.5. The number of hydrogen-bond donors (Lipinski definition) is 2. The van der Waals surface area contributed by atoms with Crippen molar-refractivity contribution in [3.8, 4) is 0 Å². The molecule has 1 saturated heterocycles. The Morgan fingerprint density at radius 1 is 1.15 bits per heavy atom. The number of nitrogens with one attached hydrogen (secondary N) is 2. The van der Waals surface area contributed by atoms with Crippen molar-refractivity contribution in [2.45, 2.75) is 44.7 Å². The van der Waals surface area contributed by atoms with Gasteiger partial charge < -0.3 is 10.6 Å². The molecule has 1 aliphatic heterocycles. The van der Waals surface area contributed by atoms with Crippen molar-refractivity contribution < 1.29 is 12.8 Å². The second-order valence-electron chi connectivity index (χ2n) is 8.37. The van der Waals surface area contributed by atoms with Gasteiger partial charge in [-0.2, -0.15) is 0 Å². The molecule has 2 saturated carbocycles. The van der Waals surface area contributed by atoms with Crippen LogP contribution in [0.25, 0.3) is 0 Å². The SMILES string of the molecule is O=S1(=O)CCC(CNC(=NCc2ccc(F)cc2)NC2CC3CCC2C3)C1. The number of guanidine groups is 1. The number of fused-ring (bicyclic) bond motifs is 2. The fourth-order valence-corrected chi connectivity index (χ4v) is 6.65. The first-order chi connectivity index (χ1) is 13.0. The Morgan fingerprint density at radius 3 is 2.59 bits per heavy atom. The molecule has 3 fully saturated rings. The summed E-state index contributed by atoms with van der Waals surface area (Å²) >= 11 is 0. The summed E-state index contributed by atoms with van der Waals surface area (Å²) in [6.45, 7) is 1.09. The number of benzene rings is 1. The number of hydrogen-bond acceptors (Lipinski definition) is 3. The molecule has 4 unspecified atom stereocenters. The van der Waals surface area contributed by atoms with E-state index >= 15 is 0 Å². The van der Waals surface area contributed by atoms with Crippen molar-refractivity contribution in [3.63, 3.8) is 0 Å². The van der Waals surface area contributed by atoms with Crippen LogP contribution >= 0.6 is 0 Å². The molecule has 2 aliphatic carbocycles. The van der Waals surface area contributed by atoms with Gasteiger partial charge in [0.1, 0.15) is 5.82 Å². The molecule has 2 bridgehead atoms. The van der Waals surface area contributed by atoms with E-state index in [1.54, 1.807) is 12.1 Å². The van der Waals surface area contributed by atoms with Gasteiger partial charge in [0.25, 0.3) is 0 Å². The zero-order chi connectivity index (χ0) is 18.9. The van der Waals surface area contributed by atoms with E-state index in [1.165, 1.54) is 37.8 Å². The summed E-state index contributed by atoms with van der Waals surface area (Å²) < 4.78 is 36.5. The molecule has 27 heavy (non-hydrogen) atoms. The molecule has 3 aliphatic rings. The van der Waals surface area contributed by atoms with Crippen molar-refractivity contribution in [1.29, 1.82) is 0 Å². The van der Waals surface area contributed by atoms with Crippen molar-refractivity contribution in [1.82, 2.24) is 10.6 Å². The Morgan fingerprint density at radius 2 is 1.96 bits per heavy atom. The van der Waals surface area contributed by atoms with Crippen molar-refractivity contribution in [2.24, 2.45) is 22.7 Å². The van der Waals surface area contributed by atoms with Crippen molar-refractivity contribution in [3.05, 3.63) is 35.6 Å². The Labute approximate surface area is 160 Å². The number of rotatable bonds is 5. The molecule has 7 heteroatoms. The molecule has 1 aromatic rings. The maximum absolute atomic E-state index is 13.1. The lowest BCUT2D eigenvalue weighted by Crippen LogP contribution is -2.47. The fourth-order valence-electron chi connectivity index (χ4n) is 4.78. The average molecular weight is 394 g/mol. The lowest BCUT2D eigenvalue weighted by molar-refractivity contribution is 0.386. The van der Waals surface area contributed by atoms with E-state index in [0.29, 0.717) is 31.3 Å². The third-order valence-electron chi connectivity index (χ3n) is 6.28. The molecular weight excluding hydrogens is 365 g/mol. The Hall–Kier alpha value is -1.63. The molecule has 5 nitrogen and oxygen atoms in total. The van der Waals surface area contributed by atoms with Crippen molar-refractivity contribution >= 4 is 15.8 Å². The van der Waals surface area contributed by atoms with E-state index in [2.05, 4.69) is 10.6 Å². The van der Waals surface area contributed by atoms with Gasteiger partial charge in [0.15, 0.2) is 15.8 Å². The summed E-state index contributed by atoms with van der Waals surface area (Å²) in [5.41, 5.74) is 0.953. The Balaban J connectivity index is 1.39. The van der Waals surface area contributed by atoms with Gasteiger partial charge in [-0.3, -0.25) is 0 Å². The number of sulfone groups is 1. The van der Waals surface area contributed by atoms with Gasteiger partial charge >= 0.3 is 0 Å². The molecule has 2 N–H and O–H groups in total. The lowest BCUT2D eigenvalue weighted by Gasteiger charge is -2.26. The molecule has 4 atom stereocenters. The molecule has 0 aromatic heterocycles. The molecular formula is C20H28FN3O2S. The van der Waals surface area contributed by atoms with Crippen LogP contribution in [-0.2, 0) is 16.4 Å². The van der Waals surface area contributed by atoms with Crippen LogP contribution in [0.5, 0.6) is 0 Å². The standard InChI is InChI=1S/C20H28FN3O2S/c21-18-5-2-14(3-6-18)11-22-20(23-12-16-7-8-27(25,26)13-16)24-19-10-15-1-4-17(19)9-15/h2-3,5-6,15-17,19H,1,4,7-13H2,(H2,22,23,24). The lowest BCUT2D eigenvalue weighted by atomic mass is 9.95. The van der Waals surface area contributed by atoms with Crippen LogP contribution in [0.15, 0.2) is 29.3 Å². The number of aliphatic imine (C=N–C) groups is 1. The van der Waals surface area contributed by atoms with Gasteiger partial charge in [-0.1, -0.05) is 18.6 Å². The maximum atomic E-state index is 13.1. The second kappa shape index (κ2) is 7.78. The third-order valence-corrected chi connectivity index (χ3v) is 8.12. The smallest absolute Gasteiger partial charge is 0.191 e. The quantitative estimate of drug-likeness (QED) is 0.596. The molecule has 148 valence electrons. The van der Waals surface area contributed by atoms with E-state index in [4.69, 9.17) is 4.99 Å². The predicted molar refractivity (Wildman–Crippen MR) is 105 cm³/mol. The van der Waals surface area contributed by atoms with E-state index < -0.39 is 9.84 Å². The minimum absolute atomic E-state index is 0.146.